The summed E-state index contributed by atoms with van der Waals surface area (Å²) < 4.78 is 5.61. The molecule has 1 aromatic carbocycles. The first-order valence-electron chi connectivity index (χ1n) is 9.19. The number of benzene rings is 1. The van der Waals surface area contributed by atoms with Crippen molar-refractivity contribution in [1.29, 1.82) is 0 Å². The molecule has 0 aliphatic carbocycles. The highest BCUT2D eigenvalue weighted by Crippen LogP contribution is 2.35. The fourth-order valence-corrected chi connectivity index (χ4v) is 4.37. The highest BCUT2D eigenvalue weighted by atomic mass is 16.5. The molecule has 1 N–H and O–H groups in total. The lowest BCUT2D eigenvalue weighted by Gasteiger charge is -2.33. The van der Waals surface area contributed by atoms with Crippen LogP contribution in [0.25, 0.3) is 10.9 Å². The third kappa shape index (κ3) is 2.95. The first-order valence-corrected chi connectivity index (χ1v) is 9.19. The molecule has 2 aromatic rings. The summed E-state index contributed by atoms with van der Waals surface area (Å²) in [5.74, 6) is 0.823. The molecule has 1 atom stereocenters. The minimum atomic E-state index is 0.158. The van der Waals surface area contributed by atoms with E-state index >= 15 is 0 Å². The number of hydrogen-bond acceptors (Lipinski definition) is 2. The first kappa shape index (κ1) is 15.7. The highest BCUT2D eigenvalue weighted by Gasteiger charge is 2.28. The molecule has 1 amide bonds. The number of carbonyl (C=O) groups excluding carboxylic acids is 1. The predicted octanol–water partition coefficient (Wildman–Crippen LogP) is 3.75. The van der Waals surface area contributed by atoms with Gasteiger partial charge in [-0.25, -0.2) is 0 Å². The van der Waals surface area contributed by atoms with Crippen LogP contribution in [0.2, 0.25) is 0 Å². The predicted molar refractivity (Wildman–Crippen MR) is 95.2 cm³/mol. The van der Waals surface area contributed by atoms with Gasteiger partial charge in [-0.15, -0.1) is 0 Å². The van der Waals surface area contributed by atoms with Crippen LogP contribution in [0.5, 0.6) is 0 Å². The van der Waals surface area contributed by atoms with Crippen LogP contribution in [-0.2, 0) is 9.53 Å². The van der Waals surface area contributed by atoms with Gasteiger partial charge in [0, 0.05) is 36.3 Å². The van der Waals surface area contributed by atoms with Crippen molar-refractivity contribution in [3.05, 3.63) is 35.5 Å². The van der Waals surface area contributed by atoms with Gasteiger partial charge >= 0.3 is 0 Å². The van der Waals surface area contributed by atoms with Crippen LogP contribution in [-0.4, -0.2) is 41.6 Å². The van der Waals surface area contributed by atoms with Crippen LogP contribution >= 0.6 is 0 Å². The summed E-state index contributed by atoms with van der Waals surface area (Å²) in [6.07, 6.45) is 4.97. The first-order chi connectivity index (χ1) is 11.7. The Morgan fingerprint density at radius 2 is 2.04 bits per heavy atom. The van der Waals surface area contributed by atoms with Gasteiger partial charge in [-0.3, -0.25) is 4.79 Å². The van der Waals surface area contributed by atoms with Crippen LogP contribution in [0.1, 0.15) is 49.3 Å². The van der Waals surface area contributed by atoms with Crippen molar-refractivity contribution in [2.24, 2.45) is 0 Å². The van der Waals surface area contributed by atoms with Crippen molar-refractivity contribution in [3.8, 4) is 0 Å². The molecule has 128 valence electrons. The number of fused-ring (bicyclic) bond motifs is 1. The third-order valence-corrected chi connectivity index (χ3v) is 5.63. The molecular formula is C20H26N2O2. The normalized spacial score (nSPS) is 22.4. The second-order valence-corrected chi connectivity index (χ2v) is 7.20. The number of ether oxygens (including phenoxy) is 1. The van der Waals surface area contributed by atoms with Gasteiger partial charge in [-0.1, -0.05) is 18.2 Å². The molecule has 0 spiro atoms. The Hall–Kier alpha value is -1.81. The Labute approximate surface area is 143 Å². The molecule has 2 fully saturated rings. The Balaban J connectivity index is 1.42. The SMILES string of the molecule is Cc1[nH]c2ccccc2c1C1CCN(C(=O)C[C@H]2CCCO2)CC1. The zero-order valence-electron chi connectivity index (χ0n) is 14.4. The van der Waals surface area contributed by atoms with E-state index in [2.05, 4.69) is 36.2 Å². The molecule has 3 heterocycles. The van der Waals surface area contributed by atoms with Gasteiger partial charge < -0.3 is 14.6 Å². The summed E-state index contributed by atoms with van der Waals surface area (Å²) in [6, 6.07) is 8.54. The number of H-pyrrole nitrogens is 1. The van der Waals surface area contributed by atoms with E-state index in [4.69, 9.17) is 4.74 Å². The van der Waals surface area contributed by atoms with Crippen molar-refractivity contribution in [1.82, 2.24) is 9.88 Å². The lowest BCUT2D eigenvalue weighted by atomic mass is 9.87. The number of piperidine rings is 1. The third-order valence-electron chi connectivity index (χ3n) is 5.63. The zero-order chi connectivity index (χ0) is 16.5. The van der Waals surface area contributed by atoms with Crippen molar-refractivity contribution < 1.29 is 9.53 Å². The Bertz CT molecular complexity index is 722. The van der Waals surface area contributed by atoms with E-state index in [1.165, 1.54) is 22.2 Å². The molecule has 2 aliphatic heterocycles. The number of para-hydroxylation sites is 1. The molecule has 0 unspecified atom stereocenters. The average Bonchev–Trinajstić information content (AvgIpc) is 3.21. The number of aromatic amines is 1. The van der Waals surface area contributed by atoms with Crippen LogP contribution in [0, 0.1) is 6.92 Å². The molecule has 2 aliphatic rings. The number of hydrogen-bond donors (Lipinski definition) is 1. The highest BCUT2D eigenvalue weighted by molar-refractivity contribution is 5.85. The summed E-state index contributed by atoms with van der Waals surface area (Å²) >= 11 is 0. The molecule has 4 nitrogen and oxygen atoms in total. The molecule has 0 radical (unpaired) electrons. The fourth-order valence-electron chi connectivity index (χ4n) is 4.37. The number of likely N-dealkylation sites (tertiary alicyclic amines) is 1. The minimum Gasteiger partial charge on any atom is -0.378 e. The maximum Gasteiger partial charge on any atom is 0.225 e. The van der Waals surface area contributed by atoms with E-state index < -0.39 is 0 Å². The number of rotatable bonds is 3. The maximum atomic E-state index is 12.5. The minimum absolute atomic E-state index is 0.158. The molecule has 1 aromatic heterocycles. The number of nitrogens with one attached hydrogen (secondary N) is 1. The van der Waals surface area contributed by atoms with E-state index in [1.54, 1.807) is 0 Å². The van der Waals surface area contributed by atoms with Gasteiger partial charge in [0.25, 0.3) is 0 Å². The van der Waals surface area contributed by atoms with Gasteiger partial charge in [0.15, 0.2) is 0 Å². The van der Waals surface area contributed by atoms with Gasteiger partial charge in [0.2, 0.25) is 5.91 Å². The van der Waals surface area contributed by atoms with Gasteiger partial charge in [0.1, 0.15) is 0 Å². The van der Waals surface area contributed by atoms with E-state index in [9.17, 15) is 4.79 Å². The van der Waals surface area contributed by atoms with E-state index in [0.29, 0.717) is 12.3 Å². The summed E-state index contributed by atoms with van der Waals surface area (Å²) in [5, 5.41) is 1.35. The lowest BCUT2D eigenvalue weighted by molar-refractivity contribution is -0.134. The second-order valence-electron chi connectivity index (χ2n) is 7.20. The summed E-state index contributed by atoms with van der Waals surface area (Å²) in [5.41, 5.74) is 3.96. The Morgan fingerprint density at radius 3 is 2.79 bits per heavy atom. The molecule has 4 heteroatoms. The standard InChI is InChI=1S/C20H26N2O2/c1-14-20(17-6-2-3-7-18(17)21-14)15-8-10-22(11-9-15)19(23)13-16-5-4-12-24-16/h2-3,6-7,15-16,21H,4-5,8-13H2,1H3/t16-/m1/s1. The molecule has 24 heavy (non-hydrogen) atoms. The van der Waals surface area contributed by atoms with Crippen LogP contribution in [0.3, 0.4) is 0 Å². The average molecular weight is 326 g/mol. The molecular weight excluding hydrogens is 300 g/mol. The van der Waals surface area contributed by atoms with Crippen LogP contribution < -0.4 is 0 Å². The fraction of sp³-hybridized carbons (Fsp3) is 0.550. The summed E-state index contributed by atoms with van der Waals surface area (Å²) in [6.45, 7) is 4.73. The molecule has 0 bridgehead atoms. The van der Waals surface area contributed by atoms with Gasteiger partial charge in [-0.05, 0) is 50.2 Å². The monoisotopic (exact) mass is 326 g/mol. The summed E-state index contributed by atoms with van der Waals surface area (Å²) in [4.78, 5) is 18.0. The van der Waals surface area contributed by atoms with Gasteiger partial charge in [0.05, 0.1) is 12.5 Å². The van der Waals surface area contributed by atoms with E-state index in [1.807, 2.05) is 4.90 Å². The summed E-state index contributed by atoms with van der Waals surface area (Å²) in [7, 11) is 0. The van der Waals surface area contributed by atoms with Crippen LogP contribution in [0.15, 0.2) is 24.3 Å². The number of aromatic nitrogens is 1. The smallest absolute Gasteiger partial charge is 0.225 e. The van der Waals surface area contributed by atoms with Gasteiger partial charge in [-0.2, -0.15) is 0 Å². The number of carbonyl (C=O) groups is 1. The van der Waals surface area contributed by atoms with Crippen molar-refractivity contribution in [2.75, 3.05) is 19.7 Å². The second kappa shape index (κ2) is 6.60. The van der Waals surface area contributed by atoms with E-state index in [0.717, 1.165) is 45.4 Å². The number of aryl methyl sites for hydroxylation is 1. The van der Waals surface area contributed by atoms with Crippen molar-refractivity contribution >= 4 is 16.8 Å². The van der Waals surface area contributed by atoms with Crippen LogP contribution in [0.4, 0.5) is 0 Å². The number of amides is 1. The quantitative estimate of drug-likeness (QED) is 0.933. The Morgan fingerprint density at radius 1 is 1.25 bits per heavy atom. The zero-order valence-corrected chi connectivity index (χ0v) is 14.4. The molecule has 4 rings (SSSR count). The van der Waals surface area contributed by atoms with Crippen molar-refractivity contribution in [3.63, 3.8) is 0 Å². The topological polar surface area (TPSA) is 45.3 Å². The molecule has 2 saturated heterocycles. The Kier molecular flexibility index (Phi) is 4.31. The number of nitrogens with zero attached hydrogens (tertiary/aromatic N) is 1. The lowest BCUT2D eigenvalue weighted by Crippen LogP contribution is -2.39. The van der Waals surface area contributed by atoms with Crippen molar-refractivity contribution in [2.45, 2.75) is 51.0 Å². The maximum absolute atomic E-state index is 12.5. The largest absolute Gasteiger partial charge is 0.378 e. The molecule has 0 saturated carbocycles. The van der Waals surface area contributed by atoms with E-state index in [-0.39, 0.29) is 12.0 Å².